The van der Waals surface area contributed by atoms with Crippen molar-refractivity contribution in [3.63, 3.8) is 0 Å². The summed E-state index contributed by atoms with van der Waals surface area (Å²) in [5.74, 6) is 5.92. The van der Waals surface area contributed by atoms with Crippen molar-refractivity contribution >= 4 is 33.5 Å². The van der Waals surface area contributed by atoms with E-state index in [2.05, 4.69) is 31.3 Å². The van der Waals surface area contributed by atoms with E-state index in [1.807, 2.05) is 24.3 Å². The molecule has 0 spiro atoms. The third-order valence-electron chi connectivity index (χ3n) is 2.16. The second-order valence-electron chi connectivity index (χ2n) is 3.37. The monoisotopic (exact) mass is 328 g/mol. The van der Waals surface area contributed by atoms with Crippen LogP contribution in [0.15, 0.2) is 34.9 Å². The molecule has 0 radical (unpaired) electrons. The number of hydrogen-bond acceptors (Lipinski definition) is 5. The first kappa shape index (κ1) is 13.1. The van der Waals surface area contributed by atoms with E-state index in [1.54, 1.807) is 6.20 Å². The first-order chi connectivity index (χ1) is 8.70. The molecular weight excluding hydrogens is 320 g/mol. The summed E-state index contributed by atoms with van der Waals surface area (Å²) in [6.45, 7) is 0.319. The van der Waals surface area contributed by atoms with Gasteiger partial charge in [0.2, 0.25) is 11.8 Å². The number of nitrogens with two attached hydrogens (primary N) is 1. The van der Waals surface area contributed by atoms with Crippen LogP contribution in [0.1, 0.15) is 5.56 Å². The Labute approximate surface area is 117 Å². The van der Waals surface area contributed by atoms with Gasteiger partial charge in [0.05, 0.1) is 10.7 Å². The first-order valence-electron chi connectivity index (χ1n) is 5.06. The summed E-state index contributed by atoms with van der Waals surface area (Å²) in [6.07, 6.45) is 1.56. The van der Waals surface area contributed by atoms with E-state index < -0.39 is 0 Å². The number of halogens is 2. The number of hydrogen-bond donors (Lipinski definition) is 2. The van der Waals surface area contributed by atoms with Crippen molar-refractivity contribution in [1.82, 2.24) is 9.97 Å². The zero-order chi connectivity index (χ0) is 13.0. The van der Waals surface area contributed by atoms with E-state index in [-0.39, 0.29) is 5.95 Å². The molecule has 1 aromatic heterocycles. The number of nitrogens with one attached hydrogen (secondary N) is 1. The molecule has 0 aliphatic carbocycles. The molecule has 5 nitrogen and oxygen atoms in total. The maximum Gasteiger partial charge on any atom is 0.240 e. The minimum atomic E-state index is 0.285. The predicted molar refractivity (Wildman–Crippen MR) is 73.3 cm³/mol. The fraction of sp³-hybridized carbons (Fsp3) is 0.0909. The average Bonchev–Trinajstić information content (AvgIpc) is 2.39. The molecule has 94 valence electrons. The van der Waals surface area contributed by atoms with Crippen LogP contribution in [0.25, 0.3) is 0 Å². The van der Waals surface area contributed by atoms with Gasteiger partial charge in [-0.1, -0.05) is 29.8 Å². The molecule has 0 aliphatic rings. The van der Waals surface area contributed by atoms with E-state index in [4.69, 9.17) is 22.2 Å². The predicted octanol–water partition coefficient (Wildman–Crippen LogP) is 2.76. The number of nitrogen functional groups attached to an aromatic ring is 1. The molecule has 0 fully saturated rings. The Morgan fingerprint density at radius 3 is 2.89 bits per heavy atom. The van der Waals surface area contributed by atoms with Crippen molar-refractivity contribution < 1.29 is 4.74 Å². The van der Waals surface area contributed by atoms with Crippen LogP contribution in [-0.4, -0.2) is 9.97 Å². The highest BCUT2D eigenvalue weighted by Gasteiger charge is 2.07. The Morgan fingerprint density at radius 1 is 1.39 bits per heavy atom. The van der Waals surface area contributed by atoms with Crippen LogP contribution in [0.3, 0.4) is 0 Å². The molecule has 1 heterocycles. The highest BCUT2D eigenvalue weighted by Crippen LogP contribution is 2.24. The lowest BCUT2D eigenvalue weighted by atomic mass is 10.2. The third-order valence-corrected chi connectivity index (χ3v) is 3.08. The number of hydrazine groups is 1. The van der Waals surface area contributed by atoms with Crippen LogP contribution in [0.4, 0.5) is 5.95 Å². The summed E-state index contributed by atoms with van der Waals surface area (Å²) in [4.78, 5) is 8.01. The van der Waals surface area contributed by atoms with Crippen molar-refractivity contribution in [1.29, 1.82) is 0 Å². The Bertz CT molecular complexity index is 552. The fourth-order valence-corrected chi connectivity index (χ4v) is 1.78. The van der Waals surface area contributed by atoms with Gasteiger partial charge in [0.1, 0.15) is 6.61 Å². The molecule has 0 aliphatic heterocycles. The molecule has 0 saturated heterocycles. The standard InChI is InChI=1S/C11H10BrClN4O/c12-8-5-15-11(17-14)16-10(8)18-6-7-3-1-2-4-9(7)13/h1-5H,6,14H2,(H,15,16,17). The zero-order valence-electron chi connectivity index (χ0n) is 9.23. The number of aromatic nitrogens is 2. The summed E-state index contributed by atoms with van der Waals surface area (Å²) in [6, 6.07) is 7.46. The van der Waals surface area contributed by atoms with E-state index in [0.717, 1.165) is 5.56 Å². The normalized spacial score (nSPS) is 10.2. The van der Waals surface area contributed by atoms with Gasteiger partial charge in [0, 0.05) is 10.6 Å². The fourth-order valence-electron chi connectivity index (χ4n) is 1.28. The van der Waals surface area contributed by atoms with Gasteiger partial charge < -0.3 is 4.74 Å². The molecule has 1 aromatic carbocycles. The van der Waals surface area contributed by atoms with Crippen LogP contribution in [0.5, 0.6) is 5.88 Å². The maximum atomic E-state index is 6.03. The zero-order valence-corrected chi connectivity index (χ0v) is 11.6. The molecular formula is C11H10BrClN4O. The second kappa shape index (κ2) is 5.99. The molecule has 3 N–H and O–H groups in total. The summed E-state index contributed by atoms with van der Waals surface area (Å²) in [7, 11) is 0. The second-order valence-corrected chi connectivity index (χ2v) is 4.63. The van der Waals surface area contributed by atoms with Gasteiger partial charge in [-0.25, -0.2) is 10.8 Å². The van der Waals surface area contributed by atoms with Gasteiger partial charge in [-0.15, -0.1) is 0 Å². The maximum absolute atomic E-state index is 6.03. The molecule has 0 amide bonds. The van der Waals surface area contributed by atoms with Crippen LogP contribution < -0.4 is 16.0 Å². The van der Waals surface area contributed by atoms with Gasteiger partial charge in [-0.05, 0) is 22.0 Å². The Hall–Kier alpha value is -1.37. The number of ether oxygens (including phenoxy) is 1. The van der Waals surface area contributed by atoms with E-state index >= 15 is 0 Å². The highest BCUT2D eigenvalue weighted by atomic mass is 79.9. The number of benzene rings is 1. The van der Waals surface area contributed by atoms with E-state index in [1.165, 1.54) is 0 Å². The summed E-state index contributed by atoms with van der Waals surface area (Å²) < 4.78 is 6.21. The Balaban J connectivity index is 2.13. The van der Waals surface area contributed by atoms with Crippen LogP contribution in [0, 0.1) is 0 Å². The van der Waals surface area contributed by atoms with Gasteiger partial charge in [-0.2, -0.15) is 4.98 Å². The molecule has 0 unspecified atom stereocenters. The molecule has 0 bridgehead atoms. The highest BCUT2D eigenvalue weighted by molar-refractivity contribution is 9.10. The smallest absolute Gasteiger partial charge is 0.240 e. The van der Waals surface area contributed by atoms with Crippen molar-refractivity contribution in [3.05, 3.63) is 45.5 Å². The average molecular weight is 330 g/mol. The van der Waals surface area contributed by atoms with Gasteiger partial charge >= 0.3 is 0 Å². The number of anilines is 1. The van der Waals surface area contributed by atoms with E-state index in [9.17, 15) is 0 Å². The van der Waals surface area contributed by atoms with Gasteiger partial charge in [0.25, 0.3) is 0 Å². The number of nitrogens with zero attached hydrogens (tertiary/aromatic N) is 2. The van der Waals surface area contributed by atoms with Crippen molar-refractivity contribution in [2.45, 2.75) is 6.61 Å². The van der Waals surface area contributed by atoms with Crippen molar-refractivity contribution in [2.75, 3.05) is 5.43 Å². The molecule has 0 saturated carbocycles. The topological polar surface area (TPSA) is 73.1 Å². The molecule has 18 heavy (non-hydrogen) atoms. The third kappa shape index (κ3) is 3.10. The van der Waals surface area contributed by atoms with Gasteiger partial charge in [0.15, 0.2) is 0 Å². The lowest BCUT2D eigenvalue weighted by Crippen LogP contribution is -2.11. The Morgan fingerprint density at radius 2 is 2.17 bits per heavy atom. The lowest BCUT2D eigenvalue weighted by molar-refractivity contribution is 0.291. The SMILES string of the molecule is NNc1ncc(Br)c(OCc2ccccc2Cl)n1. The van der Waals surface area contributed by atoms with E-state index in [0.29, 0.717) is 22.0 Å². The van der Waals surface area contributed by atoms with Crippen molar-refractivity contribution in [3.8, 4) is 5.88 Å². The molecule has 0 atom stereocenters. The number of rotatable bonds is 4. The summed E-state index contributed by atoms with van der Waals surface area (Å²) in [5.41, 5.74) is 3.24. The lowest BCUT2D eigenvalue weighted by Gasteiger charge is -2.09. The Kier molecular flexibility index (Phi) is 4.35. The first-order valence-corrected chi connectivity index (χ1v) is 6.23. The minimum absolute atomic E-state index is 0.285. The van der Waals surface area contributed by atoms with Gasteiger partial charge in [-0.3, -0.25) is 5.43 Å². The van der Waals surface area contributed by atoms with Crippen LogP contribution >= 0.6 is 27.5 Å². The molecule has 2 aromatic rings. The molecule has 7 heteroatoms. The molecule has 2 rings (SSSR count). The van der Waals surface area contributed by atoms with Crippen LogP contribution in [-0.2, 0) is 6.61 Å². The van der Waals surface area contributed by atoms with Crippen molar-refractivity contribution in [2.24, 2.45) is 5.84 Å². The summed E-state index contributed by atoms with van der Waals surface area (Å²) in [5, 5.41) is 0.653. The van der Waals surface area contributed by atoms with Crippen LogP contribution in [0.2, 0.25) is 5.02 Å². The largest absolute Gasteiger partial charge is 0.472 e. The quantitative estimate of drug-likeness (QED) is 0.666. The minimum Gasteiger partial charge on any atom is -0.472 e. The summed E-state index contributed by atoms with van der Waals surface area (Å²) >= 11 is 9.33.